The molecule has 0 aromatic rings. The number of aliphatic hydroxyl groups is 2. The molecular weight excluding hydrogens is 204 g/mol. The number of rotatable bonds is 2. The minimum absolute atomic E-state index is 0.481. The predicted octanol–water partition coefficient (Wildman–Crippen LogP) is -1.21. The second kappa shape index (κ2) is 3.41. The first-order chi connectivity index (χ1) is 6.94. The van der Waals surface area contributed by atoms with Crippen molar-refractivity contribution in [2.75, 3.05) is 6.61 Å². The summed E-state index contributed by atoms with van der Waals surface area (Å²) >= 11 is 0. The van der Waals surface area contributed by atoms with E-state index in [0.29, 0.717) is 0 Å². The zero-order valence-electron chi connectivity index (χ0n) is 8.54. The van der Waals surface area contributed by atoms with Crippen LogP contribution in [0.25, 0.3) is 0 Å². The molecule has 0 aromatic heterocycles. The number of fused-ring (bicyclic) bond motifs is 1. The Hall–Kier alpha value is -0.690. The first-order valence-corrected chi connectivity index (χ1v) is 4.79. The Kier molecular flexibility index (Phi) is 2.46. The summed E-state index contributed by atoms with van der Waals surface area (Å²) in [6.07, 6.45) is -3.43. The Bertz CT molecular complexity index is 276. The lowest BCUT2D eigenvalue weighted by molar-refractivity contribution is -0.195. The Morgan fingerprint density at radius 1 is 1.47 bits per heavy atom. The van der Waals surface area contributed by atoms with Crippen molar-refractivity contribution in [2.45, 2.75) is 44.1 Å². The van der Waals surface area contributed by atoms with Crippen LogP contribution in [0.3, 0.4) is 0 Å². The van der Waals surface area contributed by atoms with Gasteiger partial charge >= 0.3 is 5.97 Å². The Morgan fingerprint density at radius 2 is 2.13 bits per heavy atom. The molecule has 2 aliphatic heterocycles. The lowest BCUT2D eigenvalue weighted by atomic mass is 10.1. The highest BCUT2D eigenvalue weighted by Crippen LogP contribution is 2.36. The van der Waals surface area contributed by atoms with Crippen LogP contribution >= 0.6 is 0 Å². The van der Waals surface area contributed by atoms with Crippen molar-refractivity contribution in [2.24, 2.45) is 0 Å². The third-order valence-electron chi connectivity index (χ3n) is 2.50. The highest BCUT2D eigenvalue weighted by Gasteiger charge is 2.57. The quantitative estimate of drug-likeness (QED) is 0.565. The minimum atomic E-state index is -1.14. The molecule has 0 aromatic carbocycles. The maximum atomic E-state index is 11.4. The van der Waals surface area contributed by atoms with Gasteiger partial charge in [0.15, 0.2) is 18.0 Å². The molecule has 2 fully saturated rings. The van der Waals surface area contributed by atoms with E-state index in [1.54, 1.807) is 13.8 Å². The van der Waals surface area contributed by atoms with E-state index in [4.69, 9.17) is 19.3 Å². The van der Waals surface area contributed by atoms with Gasteiger partial charge in [-0.25, -0.2) is 4.79 Å². The molecule has 2 N–H and O–H groups in total. The summed E-state index contributed by atoms with van der Waals surface area (Å²) < 4.78 is 15.6. The van der Waals surface area contributed by atoms with Gasteiger partial charge in [0.1, 0.15) is 12.2 Å². The van der Waals surface area contributed by atoms with Crippen molar-refractivity contribution < 1.29 is 29.2 Å². The number of aliphatic hydroxyl groups excluding tert-OH is 2. The smallest absolute Gasteiger partial charge is 0.338 e. The van der Waals surface area contributed by atoms with Crippen molar-refractivity contribution in [3.8, 4) is 0 Å². The number of hydrogen-bond donors (Lipinski definition) is 2. The third kappa shape index (κ3) is 1.74. The predicted molar refractivity (Wildman–Crippen MR) is 46.8 cm³/mol. The molecule has 6 nitrogen and oxygen atoms in total. The van der Waals surface area contributed by atoms with E-state index in [-0.39, 0.29) is 0 Å². The molecule has 2 heterocycles. The van der Waals surface area contributed by atoms with Gasteiger partial charge in [-0.1, -0.05) is 0 Å². The number of cyclic esters (lactones) is 1. The molecule has 86 valence electrons. The molecule has 0 bridgehead atoms. The van der Waals surface area contributed by atoms with Gasteiger partial charge in [0.25, 0.3) is 0 Å². The van der Waals surface area contributed by atoms with Crippen LogP contribution in [0.5, 0.6) is 0 Å². The maximum absolute atomic E-state index is 11.4. The Morgan fingerprint density at radius 3 is 2.73 bits per heavy atom. The molecular formula is C9H14O6. The van der Waals surface area contributed by atoms with Gasteiger partial charge in [-0.2, -0.15) is 0 Å². The summed E-state index contributed by atoms with van der Waals surface area (Å²) in [5, 5.41) is 18.2. The highest BCUT2D eigenvalue weighted by atomic mass is 16.8. The Labute approximate surface area is 86.7 Å². The fourth-order valence-corrected chi connectivity index (χ4v) is 1.88. The topological polar surface area (TPSA) is 85.2 Å². The van der Waals surface area contributed by atoms with Crippen molar-refractivity contribution in [3.63, 3.8) is 0 Å². The van der Waals surface area contributed by atoms with E-state index >= 15 is 0 Å². The Balaban J connectivity index is 2.16. The van der Waals surface area contributed by atoms with Gasteiger partial charge in [-0.05, 0) is 13.8 Å². The average molecular weight is 218 g/mol. The summed E-state index contributed by atoms with van der Waals surface area (Å²) in [5.74, 6) is -1.41. The van der Waals surface area contributed by atoms with Gasteiger partial charge in [0.2, 0.25) is 0 Å². The van der Waals surface area contributed by atoms with Crippen LogP contribution in [0.2, 0.25) is 0 Å². The van der Waals surface area contributed by atoms with Gasteiger partial charge in [-0.3, -0.25) is 0 Å². The zero-order valence-corrected chi connectivity index (χ0v) is 8.54. The molecule has 2 rings (SSSR count). The summed E-state index contributed by atoms with van der Waals surface area (Å²) in [4.78, 5) is 11.4. The second-order valence-electron chi connectivity index (χ2n) is 4.17. The minimum Gasteiger partial charge on any atom is -0.455 e. The molecule has 0 saturated carbocycles. The van der Waals surface area contributed by atoms with Crippen molar-refractivity contribution in [1.82, 2.24) is 0 Å². The van der Waals surface area contributed by atoms with Crippen LogP contribution in [-0.4, -0.2) is 53.0 Å². The number of ether oxygens (including phenoxy) is 3. The monoisotopic (exact) mass is 218 g/mol. The molecule has 0 unspecified atom stereocenters. The normalized spacial score (nSPS) is 40.0. The first-order valence-electron chi connectivity index (χ1n) is 4.79. The van der Waals surface area contributed by atoms with Crippen LogP contribution in [0.15, 0.2) is 0 Å². The summed E-state index contributed by atoms with van der Waals surface area (Å²) in [6, 6.07) is 0. The largest absolute Gasteiger partial charge is 0.455 e. The summed E-state index contributed by atoms with van der Waals surface area (Å²) in [6.45, 7) is 2.88. The van der Waals surface area contributed by atoms with E-state index in [9.17, 15) is 9.90 Å². The van der Waals surface area contributed by atoms with Gasteiger partial charge in [-0.15, -0.1) is 0 Å². The SMILES string of the molecule is CC1(C)O[C@H]2[C@H]([C@@H](O)CO)OC(=O)[C@H]2O1. The first kappa shape index (κ1) is 10.8. The molecule has 15 heavy (non-hydrogen) atoms. The van der Waals surface area contributed by atoms with E-state index in [0.717, 1.165) is 0 Å². The van der Waals surface area contributed by atoms with Gasteiger partial charge in [0.05, 0.1) is 6.61 Å². The van der Waals surface area contributed by atoms with Crippen LogP contribution in [0.4, 0.5) is 0 Å². The molecule has 2 saturated heterocycles. The van der Waals surface area contributed by atoms with E-state index in [1.807, 2.05) is 0 Å². The lowest BCUT2D eigenvalue weighted by Crippen LogP contribution is -2.40. The van der Waals surface area contributed by atoms with E-state index in [2.05, 4.69) is 0 Å². The van der Waals surface area contributed by atoms with Crippen LogP contribution in [-0.2, 0) is 19.0 Å². The van der Waals surface area contributed by atoms with Crippen molar-refractivity contribution in [3.05, 3.63) is 0 Å². The summed E-state index contributed by atoms with van der Waals surface area (Å²) in [7, 11) is 0. The fraction of sp³-hybridized carbons (Fsp3) is 0.889. The number of carbonyl (C=O) groups is 1. The van der Waals surface area contributed by atoms with Gasteiger partial charge in [0, 0.05) is 0 Å². The number of carbonyl (C=O) groups excluding carboxylic acids is 1. The van der Waals surface area contributed by atoms with Gasteiger partial charge < -0.3 is 24.4 Å². The molecule has 0 amide bonds. The second-order valence-corrected chi connectivity index (χ2v) is 4.17. The van der Waals surface area contributed by atoms with Crippen LogP contribution < -0.4 is 0 Å². The van der Waals surface area contributed by atoms with Crippen molar-refractivity contribution in [1.29, 1.82) is 0 Å². The molecule has 0 aliphatic carbocycles. The highest BCUT2D eigenvalue weighted by molar-refractivity contribution is 5.78. The third-order valence-corrected chi connectivity index (χ3v) is 2.50. The standard InChI is InChI=1S/C9H14O6/c1-9(2)14-6-5(4(11)3-10)13-8(12)7(6)15-9/h4-7,10-11H,3H2,1-2H3/t4-,5-,6-,7-/m0/s1. The molecule has 2 aliphatic rings. The molecule has 0 spiro atoms. The zero-order chi connectivity index (χ0) is 11.2. The van der Waals surface area contributed by atoms with E-state index in [1.165, 1.54) is 0 Å². The number of esters is 1. The summed E-state index contributed by atoms with van der Waals surface area (Å²) in [5.41, 5.74) is 0. The number of hydrogen-bond acceptors (Lipinski definition) is 6. The van der Waals surface area contributed by atoms with Crippen LogP contribution in [0.1, 0.15) is 13.8 Å². The maximum Gasteiger partial charge on any atom is 0.338 e. The van der Waals surface area contributed by atoms with E-state index < -0.39 is 42.8 Å². The molecule has 0 radical (unpaired) electrons. The average Bonchev–Trinajstić information content (AvgIpc) is 2.61. The van der Waals surface area contributed by atoms with Crippen molar-refractivity contribution >= 4 is 5.97 Å². The molecule has 4 atom stereocenters. The lowest BCUT2D eigenvalue weighted by Gasteiger charge is -2.23. The van der Waals surface area contributed by atoms with Crippen LogP contribution in [0, 0.1) is 0 Å². The molecule has 6 heteroatoms. The fourth-order valence-electron chi connectivity index (χ4n) is 1.88.